The molecule has 1 unspecified atom stereocenters. The highest BCUT2D eigenvalue weighted by atomic mass is 35.5. The Balaban J connectivity index is 1.74. The number of ether oxygens (including phenoxy) is 2. The van der Waals surface area contributed by atoms with Gasteiger partial charge in [-0.25, -0.2) is 0 Å². The van der Waals surface area contributed by atoms with Crippen molar-refractivity contribution in [3.63, 3.8) is 0 Å². The second kappa shape index (κ2) is 7.65. The van der Waals surface area contributed by atoms with Crippen LogP contribution in [-0.2, 0) is 33.7 Å². The summed E-state index contributed by atoms with van der Waals surface area (Å²) in [4.78, 5) is 14.0. The first kappa shape index (κ1) is 16.7. The molecule has 23 heavy (non-hydrogen) atoms. The largest absolute Gasteiger partial charge is 0.376 e. The van der Waals surface area contributed by atoms with Crippen LogP contribution in [0.2, 0.25) is 0 Å². The van der Waals surface area contributed by atoms with Crippen LogP contribution in [0.3, 0.4) is 0 Å². The number of fused-ring (bicyclic) bond motifs is 1. The van der Waals surface area contributed by atoms with Crippen molar-refractivity contribution >= 4 is 17.5 Å². The summed E-state index contributed by atoms with van der Waals surface area (Å²) in [6, 6.07) is 4.38. The Morgan fingerprint density at radius 3 is 2.96 bits per heavy atom. The van der Waals surface area contributed by atoms with Crippen LogP contribution >= 0.6 is 11.6 Å². The number of carbonyl (C=O) groups is 1. The molecule has 1 saturated heterocycles. The van der Waals surface area contributed by atoms with Crippen LogP contribution in [0.15, 0.2) is 12.1 Å². The van der Waals surface area contributed by atoms with Gasteiger partial charge in [-0.3, -0.25) is 4.79 Å². The summed E-state index contributed by atoms with van der Waals surface area (Å²) in [6.07, 6.45) is 3.49. The van der Waals surface area contributed by atoms with Gasteiger partial charge in [0.05, 0.1) is 25.9 Å². The molecule has 0 N–H and O–H groups in total. The van der Waals surface area contributed by atoms with E-state index in [1.54, 1.807) is 4.90 Å². The van der Waals surface area contributed by atoms with Crippen molar-refractivity contribution in [1.82, 2.24) is 4.90 Å². The van der Waals surface area contributed by atoms with Gasteiger partial charge in [-0.05, 0) is 48.4 Å². The molecule has 0 radical (unpaired) electrons. The van der Waals surface area contributed by atoms with Crippen LogP contribution in [-0.4, -0.2) is 49.2 Å². The molecule has 1 aliphatic carbocycles. The molecule has 2 aliphatic rings. The second-order valence-corrected chi connectivity index (χ2v) is 6.58. The van der Waals surface area contributed by atoms with E-state index in [2.05, 4.69) is 19.1 Å². The fourth-order valence-electron chi connectivity index (χ4n) is 3.50. The van der Waals surface area contributed by atoms with Crippen LogP contribution in [0.5, 0.6) is 0 Å². The van der Waals surface area contributed by atoms with Crippen LogP contribution in [0.4, 0.5) is 0 Å². The number of amides is 1. The van der Waals surface area contributed by atoms with Gasteiger partial charge in [-0.2, -0.15) is 0 Å². The zero-order valence-electron chi connectivity index (χ0n) is 13.6. The van der Waals surface area contributed by atoms with Crippen molar-refractivity contribution < 1.29 is 14.3 Å². The van der Waals surface area contributed by atoms with Gasteiger partial charge in [-0.1, -0.05) is 12.1 Å². The summed E-state index contributed by atoms with van der Waals surface area (Å²) in [5.74, 6) is -0.0573. The van der Waals surface area contributed by atoms with Crippen molar-refractivity contribution in [3.05, 3.63) is 34.4 Å². The second-order valence-electron chi connectivity index (χ2n) is 6.32. The Kier molecular flexibility index (Phi) is 5.57. The van der Waals surface area contributed by atoms with E-state index in [9.17, 15) is 4.79 Å². The number of nitrogens with zero attached hydrogens (tertiary/aromatic N) is 1. The molecule has 0 saturated carbocycles. The molecule has 1 fully saturated rings. The van der Waals surface area contributed by atoms with Gasteiger partial charge in [0.15, 0.2) is 0 Å². The maximum Gasteiger partial charge on any atom is 0.237 e. The predicted molar refractivity (Wildman–Crippen MR) is 89.9 cm³/mol. The Morgan fingerprint density at radius 1 is 1.35 bits per heavy atom. The third-order valence-electron chi connectivity index (χ3n) is 4.82. The molecule has 1 aliphatic heterocycles. The summed E-state index contributed by atoms with van der Waals surface area (Å²) in [5.41, 5.74) is 5.47. The first-order chi connectivity index (χ1) is 11.2. The average Bonchev–Trinajstić information content (AvgIpc) is 3.06. The highest BCUT2D eigenvalue weighted by molar-refractivity contribution is 6.27. The number of hydrogen-bond donors (Lipinski definition) is 0. The molecule has 0 aromatic heterocycles. The fourth-order valence-corrected chi connectivity index (χ4v) is 3.67. The number of alkyl halides is 1. The molecule has 1 aromatic carbocycles. The fraction of sp³-hybridized carbons (Fsp3) is 0.611. The molecular formula is C18H24ClNO3. The molecule has 1 amide bonds. The van der Waals surface area contributed by atoms with Crippen molar-refractivity contribution in [2.75, 3.05) is 32.2 Å². The van der Waals surface area contributed by atoms with Gasteiger partial charge >= 0.3 is 0 Å². The minimum atomic E-state index is -0.0642. The minimum Gasteiger partial charge on any atom is -0.376 e. The number of hydrogen-bond acceptors (Lipinski definition) is 3. The summed E-state index contributed by atoms with van der Waals surface area (Å²) in [5, 5.41) is 0. The van der Waals surface area contributed by atoms with Crippen molar-refractivity contribution in [2.24, 2.45) is 0 Å². The topological polar surface area (TPSA) is 38.8 Å². The maximum atomic E-state index is 12.2. The molecular weight excluding hydrogens is 314 g/mol. The first-order valence-corrected chi connectivity index (χ1v) is 8.86. The van der Waals surface area contributed by atoms with Gasteiger partial charge < -0.3 is 14.4 Å². The van der Waals surface area contributed by atoms with E-state index in [1.807, 2.05) is 0 Å². The van der Waals surface area contributed by atoms with Gasteiger partial charge in [0.2, 0.25) is 5.91 Å². The Bertz CT molecular complexity index is 570. The van der Waals surface area contributed by atoms with Gasteiger partial charge in [-0.15, -0.1) is 11.6 Å². The molecule has 1 heterocycles. The predicted octanol–water partition coefficient (Wildman–Crippen LogP) is 2.47. The van der Waals surface area contributed by atoms with Crippen molar-refractivity contribution in [3.8, 4) is 0 Å². The highest BCUT2D eigenvalue weighted by Crippen LogP contribution is 2.28. The zero-order valence-corrected chi connectivity index (χ0v) is 14.4. The first-order valence-electron chi connectivity index (χ1n) is 8.32. The summed E-state index contributed by atoms with van der Waals surface area (Å²) >= 11 is 5.80. The number of benzene rings is 1. The number of rotatable bonds is 5. The van der Waals surface area contributed by atoms with Crippen LogP contribution in [0.1, 0.15) is 28.7 Å². The van der Waals surface area contributed by atoms with E-state index in [1.165, 1.54) is 35.1 Å². The van der Waals surface area contributed by atoms with Gasteiger partial charge in [0.25, 0.3) is 0 Å². The third kappa shape index (κ3) is 3.87. The SMILES string of the molecule is Cc1c(CN(CC2COCCO2)C(=O)CCl)ccc2c1CCC2. The lowest BCUT2D eigenvalue weighted by atomic mass is 9.98. The molecule has 5 heteroatoms. The van der Waals surface area contributed by atoms with E-state index >= 15 is 0 Å². The average molecular weight is 338 g/mol. The number of halogens is 1. The van der Waals surface area contributed by atoms with Gasteiger partial charge in [0, 0.05) is 13.1 Å². The van der Waals surface area contributed by atoms with E-state index < -0.39 is 0 Å². The summed E-state index contributed by atoms with van der Waals surface area (Å²) in [6.45, 7) is 5.04. The lowest BCUT2D eigenvalue weighted by Gasteiger charge is -2.30. The molecule has 126 valence electrons. The molecule has 0 bridgehead atoms. The van der Waals surface area contributed by atoms with Crippen LogP contribution < -0.4 is 0 Å². The number of carbonyl (C=O) groups excluding carboxylic acids is 1. The lowest BCUT2D eigenvalue weighted by Crippen LogP contribution is -2.43. The Hall–Kier alpha value is -1.10. The molecule has 1 atom stereocenters. The minimum absolute atomic E-state index is 0.00242. The normalized spacial score (nSPS) is 20.3. The number of aryl methyl sites for hydroxylation is 1. The van der Waals surface area contributed by atoms with Crippen LogP contribution in [0.25, 0.3) is 0 Å². The Labute approximate surface area is 142 Å². The van der Waals surface area contributed by atoms with Gasteiger partial charge in [0.1, 0.15) is 5.88 Å². The smallest absolute Gasteiger partial charge is 0.237 e. The summed E-state index contributed by atoms with van der Waals surface area (Å²) in [7, 11) is 0. The molecule has 3 rings (SSSR count). The summed E-state index contributed by atoms with van der Waals surface area (Å²) < 4.78 is 11.1. The van der Waals surface area contributed by atoms with Crippen LogP contribution in [0, 0.1) is 6.92 Å². The molecule has 0 spiro atoms. The van der Waals surface area contributed by atoms with E-state index in [-0.39, 0.29) is 17.9 Å². The molecule has 1 aromatic rings. The molecule has 4 nitrogen and oxygen atoms in total. The van der Waals surface area contributed by atoms with E-state index in [4.69, 9.17) is 21.1 Å². The standard InChI is InChI=1S/C18H24ClNO3/c1-13-15(6-5-14-3-2-4-17(13)14)10-20(18(21)9-19)11-16-12-22-7-8-23-16/h5-6,16H,2-4,7-12H2,1H3. The van der Waals surface area contributed by atoms with E-state index in [0.717, 1.165) is 6.42 Å². The third-order valence-corrected chi connectivity index (χ3v) is 5.05. The quantitative estimate of drug-likeness (QED) is 0.775. The van der Waals surface area contributed by atoms with Crippen molar-refractivity contribution in [2.45, 2.75) is 38.8 Å². The zero-order chi connectivity index (χ0) is 16.2. The lowest BCUT2D eigenvalue weighted by molar-refractivity contribution is -0.136. The Morgan fingerprint density at radius 2 is 2.22 bits per heavy atom. The highest BCUT2D eigenvalue weighted by Gasteiger charge is 2.23. The van der Waals surface area contributed by atoms with E-state index in [0.29, 0.717) is 32.9 Å². The van der Waals surface area contributed by atoms with Crippen molar-refractivity contribution in [1.29, 1.82) is 0 Å². The monoisotopic (exact) mass is 337 g/mol. The maximum absolute atomic E-state index is 12.2.